The van der Waals surface area contributed by atoms with Crippen LogP contribution in [0.3, 0.4) is 0 Å². The Morgan fingerprint density at radius 1 is 1.12 bits per heavy atom. The first-order valence-electron chi connectivity index (χ1n) is 13.2. The molecule has 1 atom stereocenters. The SMILES string of the molecule is CCOC(=O)C1=C(C)N=c2s/c(=C\c3cc(C)n(-c4ccc(C)c(I)c4)c3C)c(=O)n2[C@@H]1c1ccc2c(c1)OCO2. The van der Waals surface area contributed by atoms with Crippen molar-refractivity contribution in [2.75, 3.05) is 13.4 Å². The molecule has 0 fully saturated rings. The van der Waals surface area contributed by atoms with Crippen LogP contribution in [0.5, 0.6) is 11.5 Å². The monoisotopic (exact) mass is 681 g/mol. The Kier molecular flexibility index (Phi) is 7.14. The van der Waals surface area contributed by atoms with Crippen molar-refractivity contribution < 1.29 is 19.0 Å². The minimum atomic E-state index is -0.719. The summed E-state index contributed by atoms with van der Waals surface area (Å²) in [7, 11) is 0. The zero-order valence-electron chi connectivity index (χ0n) is 23.3. The van der Waals surface area contributed by atoms with E-state index in [1.807, 2.05) is 18.2 Å². The second-order valence-electron chi connectivity index (χ2n) is 10.0. The van der Waals surface area contributed by atoms with Gasteiger partial charge >= 0.3 is 5.97 Å². The molecule has 0 unspecified atom stereocenters. The molecule has 4 aromatic rings. The molecular weight excluding hydrogens is 653 g/mol. The summed E-state index contributed by atoms with van der Waals surface area (Å²) in [6.45, 7) is 10.1. The molecular formula is C31H28IN3O5S. The number of fused-ring (bicyclic) bond motifs is 2. The van der Waals surface area contributed by atoms with Crippen LogP contribution in [0.2, 0.25) is 0 Å². The molecule has 210 valence electrons. The molecule has 8 nitrogen and oxygen atoms in total. The number of hydrogen-bond acceptors (Lipinski definition) is 7. The lowest BCUT2D eigenvalue weighted by atomic mass is 9.95. The molecule has 0 spiro atoms. The summed E-state index contributed by atoms with van der Waals surface area (Å²) in [5.74, 6) is 0.695. The van der Waals surface area contributed by atoms with E-state index in [1.165, 1.54) is 20.5 Å². The first-order chi connectivity index (χ1) is 19.7. The zero-order valence-corrected chi connectivity index (χ0v) is 26.3. The van der Waals surface area contributed by atoms with Crippen molar-refractivity contribution in [1.82, 2.24) is 9.13 Å². The average Bonchev–Trinajstić information content (AvgIpc) is 3.60. The van der Waals surface area contributed by atoms with E-state index in [1.54, 1.807) is 24.5 Å². The fourth-order valence-corrected chi connectivity index (χ4v) is 6.92. The lowest BCUT2D eigenvalue weighted by Gasteiger charge is -2.24. The molecule has 0 saturated heterocycles. The number of ether oxygens (including phenoxy) is 3. The number of rotatable bonds is 5. The highest BCUT2D eigenvalue weighted by molar-refractivity contribution is 14.1. The van der Waals surface area contributed by atoms with Crippen molar-refractivity contribution in [1.29, 1.82) is 0 Å². The zero-order chi connectivity index (χ0) is 29.0. The van der Waals surface area contributed by atoms with Gasteiger partial charge in [-0.15, -0.1) is 0 Å². The summed E-state index contributed by atoms with van der Waals surface area (Å²) in [6, 6.07) is 13.2. The molecule has 2 aromatic carbocycles. The normalized spacial score (nSPS) is 16.1. The van der Waals surface area contributed by atoms with Crippen LogP contribution in [-0.4, -0.2) is 28.5 Å². The number of carbonyl (C=O) groups is 1. The predicted octanol–water partition coefficient (Wildman–Crippen LogP) is 4.85. The van der Waals surface area contributed by atoms with Gasteiger partial charge in [-0.2, -0.15) is 0 Å². The average molecular weight is 682 g/mol. The highest BCUT2D eigenvalue weighted by Gasteiger charge is 2.34. The molecule has 0 bridgehead atoms. The number of benzene rings is 2. The quantitative estimate of drug-likeness (QED) is 0.222. The van der Waals surface area contributed by atoms with Crippen LogP contribution >= 0.6 is 33.9 Å². The van der Waals surface area contributed by atoms with Crippen LogP contribution in [0.4, 0.5) is 0 Å². The van der Waals surface area contributed by atoms with E-state index in [2.05, 4.69) is 72.2 Å². The van der Waals surface area contributed by atoms with Gasteiger partial charge in [0.25, 0.3) is 5.56 Å². The first-order valence-corrected chi connectivity index (χ1v) is 15.1. The van der Waals surface area contributed by atoms with Crippen LogP contribution in [-0.2, 0) is 9.53 Å². The summed E-state index contributed by atoms with van der Waals surface area (Å²) in [5, 5.41) is 0. The fraction of sp³-hybridized carbons (Fsp3) is 0.258. The Balaban J connectivity index is 1.52. The van der Waals surface area contributed by atoms with Crippen molar-refractivity contribution in [3.8, 4) is 17.2 Å². The Labute approximate surface area is 254 Å². The third kappa shape index (κ3) is 4.72. The third-order valence-electron chi connectivity index (χ3n) is 7.40. The molecule has 2 aromatic heterocycles. The van der Waals surface area contributed by atoms with E-state index in [0.717, 1.165) is 22.6 Å². The van der Waals surface area contributed by atoms with E-state index < -0.39 is 12.0 Å². The number of carbonyl (C=O) groups excluding carboxylic acids is 1. The molecule has 41 heavy (non-hydrogen) atoms. The maximum Gasteiger partial charge on any atom is 0.338 e. The summed E-state index contributed by atoms with van der Waals surface area (Å²) < 4.78 is 22.0. The van der Waals surface area contributed by atoms with E-state index in [-0.39, 0.29) is 19.0 Å². The number of nitrogens with zero attached hydrogens (tertiary/aromatic N) is 3. The second kappa shape index (κ2) is 10.6. The molecule has 6 rings (SSSR count). The van der Waals surface area contributed by atoms with Gasteiger partial charge in [-0.05, 0) is 110 Å². The molecule has 2 aliphatic heterocycles. The fourth-order valence-electron chi connectivity index (χ4n) is 5.38. The molecule has 0 radical (unpaired) electrons. The second-order valence-corrected chi connectivity index (χ2v) is 12.2. The largest absolute Gasteiger partial charge is 0.463 e. The number of thiazole rings is 1. The Morgan fingerprint density at radius 2 is 1.90 bits per heavy atom. The van der Waals surface area contributed by atoms with Gasteiger partial charge in [0.05, 0.1) is 28.5 Å². The minimum absolute atomic E-state index is 0.126. The third-order valence-corrected chi connectivity index (χ3v) is 9.55. The van der Waals surface area contributed by atoms with Crippen LogP contribution in [0.1, 0.15) is 48.0 Å². The number of allylic oxidation sites excluding steroid dienone is 1. The Hall–Kier alpha value is -3.64. The first kappa shape index (κ1) is 27.5. The van der Waals surface area contributed by atoms with Crippen LogP contribution in [0.15, 0.2) is 63.5 Å². The highest BCUT2D eigenvalue weighted by Crippen LogP contribution is 2.38. The van der Waals surface area contributed by atoms with Crippen LogP contribution in [0, 0.1) is 24.3 Å². The van der Waals surface area contributed by atoms with E-state index in [9.17, 15) is 9.59 Å². The number of esters is 1. The van der Waals surface area contributed by atoms with Gasteiger partial charge in [-0.25, -0.2) is 9.79 Å². The van der Waals surface area contributed by atoms with Gasteiger partial charge in [-0.3, -0.25) is 9.36 Å². The Bertz CT molecular complexity index is 1950. The molecule has 0 amide bonds. The highest BCUT2D eigenvalue weighted by atomic mass is 127. The number of aromatic nitrogens is 2. The van der Waals surface area contributed by atoms with E-state index >= 15 is 0 Å². The molecule has 0 N–H and O–H groups in total. The number of hydrogen-bond donors (Lipinski definition) is 0. The van der Waals surface area contributed by atoms with Gasteiger partial charge < -0.3 is 18.8 Å². The minimum Gasteiger partial charge on any atom is -0.463 e. The van der Waals surface area contributed by atoms with E-state index in [4.69, 9.17) is 19.2 Å². The van der Waals surface area contributed by atoms with Crippen molar-refractivity contribution in [3.63, 3.8) is 0 Å². The Morgan fingerprint density at radius 3 is 2.66 bits per heavy atom. The molecule has 2 aliphatic rings. The van der Waals surface area contributed by atoms with Crippen LogP contribution < -0.4 is 24.4 Å². The van der Waals surface area contributed by atoms with Gasteiger partial charge in [0.1, 0.15) is 0 Å². The van der Waals surface area contributed by atoms with Crippen LogP contribution in [0.25, 0.3) is 11.8 Å². The number of halogens is 1. The summed E-state index contributed by atoms with van der Waals surface area (Å²) >= 11 is 3.66. The van der Waals surface area contributed by atoms with Gasteiger partial charge in [0.15, 0.2) is 16.3 Å². The smallest absolute Gasteiger partial charge is 0.338 e. The molecule has 0 aliphatic carbocycles. The molecule has 0 saturated carbocycles. The molecule has 10 heteroatoms. The maximum atomic E-state index is 14.1. The van der Waals surface area contributed by atoms with Crippen molar-refractivity contribution in [2.45, 2.75) is 40.7 Å². The van der Waals surface area contributed by atoms with Gasteiger partial charge in [0.2, 0.25) is 6.79 Å². The van der Waals surface area contributed by atoms with Gasteiger partial charge in [0, 0.05) is 20.6 Å². The van der Waals surface area contributed by atoms with Crippen molar-refractivity contribution in [3.05, 3.63) is 105 Å². The summed E-state index contributed by atoms with van der Waals surface area (Å²) in [4.78, 5) is 32.5. The maximum absolute atomic E-state index is 14.1. The van der Waals surface area contributed by atoms with Crippen molar-refractivity contribution >= 4 is 46.0 Å². The lowest BCUT2D eigenvalue weighted by Crippen LogP contribution is -2.39. The van der Waals surface area contributed by atoms with Gasteiger partial charge in [-0.1, -0.05) is 23.5 Å². The predicted molar refractivity (Wildman–Crippen MR) is 166 cm³/mol. The summed E-state index contributed by atoms with van der Waals surface area (Å²) in [5.41, 5.74) is 6.70. The standard InChI is InChI=1S/C31H28IN3O5S/c1-6-38-30(37)27-18(4)33-31-35(28(27)20-8-10-24-25(12-20)40-15-39-24)29(36)26(41-31)13-21-11-17(3)34(19(21)5)22-9-7-16(2)23(32)14-22/h7-14,28H,6,15H2,1-5H3/b26-13-/t28-/m1/s1. The van der Waals surface area contributed by atoms with Crippen molar-refractivity contribution in [2.24, 2.45) is 4.99 Å². The summed E-state index contributed by atoms with van der Waals surface area (Å²) in [6.07, 6.45) is 1.92. The van der Waals surface area contributed by atoms with E-state index in [0.29, 0.717) is 37.7 Å². The molecule has 4 heterocycles. The number of aryl methyl sites for hydroxylation is 2. The lowest BCUT2D eigenvalue weighted by molar-refractivity contribution is -0.139. The topological polar surface area (TPSA) is 84.1 Å².